The summed E-state index contributed by atoms with van der Waals surface area (Å²) in [6.07, 6.45) is 4.10. The van der Waals surface area contributed by atoms with Crippen molar-refractivity contribution in [2.75, 3.05) is 13.7 Å². The molecule has 160 valence electrons. The lowest BCUT2D eigenvalue weighted by atomic mass is 9.52. The van der Waals surface area contributed by atoms with Crippen molar-refractivity contribution in [3.8, 4) is 11.5 Å². The van der Waals surface area contributed by atoms with Crippen LogP contribution in [0.15, 0.2) is 42.5 Å². The van der Waals surface area contributed by atoms with Crippen LogP contribution in [-0.2, 0) is 11.8 Å². The quantitative estimate of drug-likeness (QED) is 0.681. The number of rotatable bonds is 6. The predicted octanol–water partition coefficient (Wildman–Crippen LogP) is 5.52. The second kappa shape index (κ2) is 7.26. The van der Waals surface area contributed by atoms with Gasteiger partial charge in [0.1, 0.15) is 11.8 Å². The van der Waals surface area contributed by atoms with Crippen LogP contribution in [0.2, 0.25) is 0 Å². The lowest BCUT2D eigenvalue weighted by Gasteiger charge is -2.52. The molecule has 0 amide bonds. The standard InChI is InChI=1S/C26H32FNO2/c1-17(18-7-5-4-6-8-18)28-16-15-26-20-11-9-19-10-12-21(29-3)23(22(19)26)30-24(26)25(2,27)14-13-20/h4-8,10,12,17,20,24,28H,9,11,13-16H2,1-3H3/t17?,20?,24-,25?,26-/m1/s1. The van der Waals surface area contributed by atoms with Crippen molar-refractivity contribution in [1.29, 1.82) is 0 Å². The Balaban J connectivity index is 1.50. The Morgan fingerprint density at radius 2 is 2.00 bits per heavy atom. The fourth-order valence-electron chi connectivity index (χ4n) is 6.42. The van der Waals surface area contributed by atoms with Gasteiger partial charge in [-0.25, -0.2) is 4.39 Å². The lowest BCUT2D eigenvalue weighted by Crippen LogP contribution is -2.60. The summed E-state index contributed by atoms with van der Waals surface area (Å²) in [7, 11) is 1.67. The summed E-state index contributed by atoms with van der Waals surface area (Å²) in [5, 5.41) is 3.70. The number of methoxy groups -OCH3 is 1. The third kappa shape index (κ3) is 2.87. The van der Waals surface area contributed by atoms with E-state index in [-0.39, 0.29) is 11.5 Å². The largest absolute Gasteiger partial charge is 0.493 e. The zero-order chi connectivity index (χ0) is 20.9. The van der Waals surface area contributed by atoms with Gasteiger partial charge in [-0.05, 0) is 75.6 Å². The number of alkyl halides is 1. The van der Waals surface area contributed by atoms with Gasteiger partial charge in [0.05, 0.1) is 7.11 Å². The van der Waals surface area contributed by atoms with Crippen LogP contribution in [-0.4, -0.2) is 25.4 Å². The Morgan fingerprint density at radius 3 is 2.77 bits per heavy atom. The second-order valence-electron chi connectivity index (χ2n) is 9.56. The Morgan fingerprint density at radius 1 is 1.20 bits per heavy atom. The van der Waals surface area contributed by atoms with Crippen LogP contribution >= 0.6 is 0 Å². The monoisotopic (exact) mass is 409 g/mol. The van der Waals surface area contributed by atoms with Crippen molar-refractivity contribution in [2.45, 2.75) is 69.2 Å². The number of nitrogens with one attached hydrogen (secondary N) is 1. The maximum Gasteiger partial charge on any atom is 0.165 e. The van der Waals surface area contributed by atoms with Crippen LogP contribution in [0.5, 0.6) is 11.5 Å². The van der Waals surface area contributed by atoms with Gasteiger partial charge in [-0.3, -0.25) is 0 Å². The van der Waals surface area contributed by atoms with Crippen LogP contribution in [0.25, 0.3) is 0 Å². The van der Waals surface area contributed by atoms with Gasteiger partial charge < -0.3 is 14.8 Å². The topological polar surface area (TPSA) is 30.5 Å². The Hall–Kier alpha value is -2.07. The third-order valence-electron chi connectivity index (χ3n) is 7.90. The van der Waals surface area contributed by atoms with E-state index < -0.39 is 11.8 Å². The van der Waals surface area contributed by atoms with E-state index in [9.17, 15) is 0 Å². The van der Waals surface area contributed by atoms with Gasteiger partial charge in [0, 0.05) is 17.0 Å². The average Bonchev–Trinajstić information content (AvgIpc) is 3.12. The van der Waals surface area contributed by atoms with Crippen molar-refractivity contribution in [1.82, 2.24) is 5.32 Å². The van der Waals surface area contributed by atoms with Gasteiger partial charge in [0.15, 0.2) is 11.5 Å². The predicted molar refractivity (Wildman–Crippen MR) is 117 cm³/mol. The molecule has 0 aromatic heterocycles. The smallest absolute Gasteiger partial charge is 0.165 e. The number of ether oxygens (including phenoxy) is 2. The highest BCUT2D eigenvalue weighted by atomic mass is 19.1. The normalized spacial score (nSPS) is 32.3. The number of aryl methyl sites for hydroxylation is 1. The van der Waals surface area contributed by atoms with Gasteiger partial charge >= 0.3 is 0 Å². The molecule has 2 aliphatic carbocycles. The molecule has 3 nitrogen and oxygen atoms in total. The van der Waals surface area contributed by atoms with Crippen LogP contribution in [0.4, 0.5) is 4.39 Å². The SMILES string of the molecule is COc1ccc2c3c1O[C@@H]1C(C)(F)CCC(CC2)[C@]31CCNC(C)c1ccccc1. The van der Waals surface area contributed by atoms with Crippen LogP contribution in [0, 0.1) is 5.92 Å². The van der Waals surface area contributed by atoms with E-state index in [0.717, 1.165) is 43.7 Å². The lowest BCUT2D eigenvalue weighted by molar-refractivity contribution is -0.0770. The van der Waals surface area contributed by atoms with Crippen molar-refractivity contribution >= 4 is 0 Å². The van der Waals surface area contributed by atoms with E-state index in [1.807, 2.05) is 12.1 Å². The molecule has 5 atom stereocenters. The van der Waals surface area contributed by atoms with E-state index in [4.69, 9.17) is 9.47 Å². The number of halogens is 1. The Labute approximate surface area is 179 Å². The van der Waals surface area contributed by atoms with E-state index >= 15 is 4.39 Å². The van der Waals surface area contributed by atoms with Crippen molar-refractivity contribution in [3.05, 3.63) is 59.2 Å². The van der Waals surface area contributed by atoms with E-state index in [0.29, 0.717) is 12.3 Å². The van der Waals surface area contributed by atoms with Crippen LogP contribution in [0.1, 0.15) is 62.3 Å². The summed E-state index contributed by atoms with van der Waals surface area (Å²) >= 11 is 0. The minimum absolute atomic E-state index is 0.259. The molecule has 1 saturated carbocycles. The molecule has 3 aliphatic rings. The maximum absolute atomic E-state index is 15.9. The van der Waals surface area contributed by atoms with Crippen molar-refractivity contribution in [3.63, 3.8) is 0 Å². The maximum atomic E-state index is 15.9. The van der Waals surface area contributed by atoms with E-state index in [2.05, 4.69) is 42.6 Å². The van der Waals surface area contributed by atoms with Gasteiger partial charge in [-0.1, -0.05) is 36.4 Å². The summed E-state index contributed by atoms with van der Waals surface area (Å²) in [5.41, 5.74) is 2.22. The summed E-state index contributed by atoms with van der Waals surface area (Å²) in [6, 6.07) is 14.9. The fraction of sp³-hybridized carbons (Fsp3) is 0.538. The Bertz CT molecular complexity index is 928. The molecule has 30 heavy (non-hydrogen) atoms. The first kappa shape index (κ1) is 19.9. The molecule has 2 aromatic carbocycles. The fourth-order valence-corrected chi connectivity index (χ4v) is 6.42. The molecule has 1 heterocycles. The molecule has 1 fully saturated rings. The minimum atomic E-state index is -1.33. The summed E-state index contributed by atoms with van der Waals surface area (Å²) in [4.78, 5) is 0. The first-order valence-electron chi connectivity index (χ1n) is 11.3. The van der Waals surface area contributed by atoms with E-state index in [1.165, 1.54) is 16.7 Å². The summed E-state index contributed by atoms with van der Waals surface area (Å²) < 4.78 is 28.0. The summed E-state index contributed by atoms with van der Waals surface area (Å²) in [5.74, 6) is 2.00. The average molecular weight is 410 g/mol. The van der Waals surface area contributed by atoms with Crippen molar-refractivity contribution in [2.24, 2.45) is 5.92 Å². The van der Waals surface area contributed by atoms with Crippen LogP contribution in [0.3, 0.4) is 0 Å². The number of hydrogen-bond donors (Lipinski definition) is 1. The van der Waals surface area contributed by atoms with Crippen LogP contribution < -0.4 is 14.8 Å². The highest BCUT2D eigenvalue weighted by molar-refractivity contribution is 5.60. The molecule has 3 unspecified atom stereocenters. The first-order chi connectivity index (χ1) is 14.5. The molecule has 0 radical (unpaired) electrons. The highest BCUT2D eigenvalue weighted by Gasteiger charge is 2.65. The number of hydrogen-bond acceptors (Lipinski definition) is 3. The zero-order valence-corrected chi connectivity index (χ0v) is 18.2. The summed E-state index contributed by atoms with van der Waals surface area (Å²) in [6.45, 7) is 4.77. The molecule has 1 aliphatic heterocycles. The molecular weight excluding hydrogens is 377 g/mol. The molecule has 0 spiro atoms. The Kier molecular flexibility index (Phi) is 4.81. The zero-order valence-electron chi connectivity index (χ0n) is 18.2. The highest BCUT2D eigenvalue weighted by Crippen LogP contribution is 2.64. The molecule has 4 heteroatoms. The van der Waals surface area contributed by atoms with Gasteiger partial charge in [-0.2, -0.15) is 0 Å². The van der Waals surface area contributed by atoms with Gasteiger partial charge in [0.2, 0.25) is 0 Å². The van der Waals surface area contributed by atoms with E-state index in [1.54, 1.807) is 14.0 Å². The molecule has 1 N–H and O–H groups in total. The number of benzene rings is 2. The van der Waals surface area contributed by atoms with Crippen molar-refractivity contribution < 1.29 is 13.9 Å². The van der Waals surface area contributed by atoms with Gasteiger partial charge in [-0.15, -0.1) is 0 Å². The molecular formula is C26H32FNO2. The molecule has 5 rings (SSSR count). The second-order valence-corrected chi connectivity index (χ2v) is 9.56. The minimum Gasteiger partial charge on any atom is -0.493 e. The first-order valence-corrected chi connectivity index (χ1v) is 11.3. The molecule has 0 bridgehead atoms. The molecule has 2 aromatic rings. The third-order valence-corrected chi connectivity index (χ3v) is 7.90. The molecule has 0 saturated heterocycles. The van der Waals surface area contributed by atoms with Gasteiger partial charge in [0.25, 0.3) is 0 Å².